The minimum Gasteiger partial charge on any atom is -0.508 e. The molecule has 0 saturated heterocycles. The Kier molecular flexibility index (Phi) is 17.3. The third-order valence-corrected chi connectivity index (χ3v) is 7.32. The summed E-state index contributed by atoms with van der Waals surface area (Å²) >= 11 is 0. The number of carbonyl (C=O) groups is 2. The molecule has 2 amide bonds. The fourth-order valence-electron chi connectivity index (χ4n) is 4.65. The summed E-state index contributed by atoms with van der Waals surface area (Å²) in [4.78, 5) is 38.2. The molecule has 16 nitrogen and oxygen atoms in total. The highest BCUT2D eigenvalue weighted by atomic mass is 16.5. The third kappa shape index (κ3) is 15.0. The van der Waals surface area contributed by atoms with E-state index in [1.165, 1.54) is 0 Å². The van der Waals surface area contributed by atoms with Gasteiger partial charge in [-0.2, -0.15) is 15.0 Å². The van der Waals surface area contributed by atoms with Gasteiger partial charge in [0.25, 0.3) is 11.8 Å². The molecular formula is C36H49N9O7. The Morgan fingerprint density at radius 3 is 1.96 bits per heavy atom. The van der Waals surface area contributed by atoms with Gasteiger partial charge >= 0.3 is 0 Å². The minimum absolute atomic E-state index is 0.0930. The molecule has 0 fully saturated rings. The first-order chi connectivity index (χ1) is 25.4. The number of nitrogens with zero attached hydrogens (tertiary/aromatic N) is 3. The monoisotopic (exact) mass is 719 g/mol. The molecule has 1 atom stereocenters. The van der Waals surface area contributed by atoms with Crippen LogP contribution in [0, 0.1) is 5.92 Å². The van der Waals surface area contributed by atoms with Crippen LogP contribution in [0.15, 0.2) is 72.3 Å². The van der Waals surface area contributed by atoms with E-state index >= 15 is 0 Å². The average Bonchev–Trinajstić information content (AvgIpc) is 3.14. The van der Waals surface area contributed by atoms with Gasteiger partial charge in [-0.15, -0.1) is 0 Å². The number of phenolic OH excluding ortho intramolecular Hbond substituents is 1. The van der Waals surface area contributed by atoms with Crippen molar-refractivity contribution in [3.63, 3.8) is 0 Å². The van der Waals surface area contributed by atoms with Gasteiger partial charge < -0.3 is 56.4 Å². The molecule has 0 radical (unpaired) electrons. The van der Waals surface area contributed by atoms with Crippen molar-refractivity contribution in [3.05, 3.63) is 77.9 Å². The first-order valence-corrected chi connectivity index (χ1v) is 17.3. The van der Waals surface area contributed by atoms with E-state index in [1.807, 2.05) is 18.2 Å². The summed E-state index contributed by atoms with van der Waals surface area (Å²) < 4.78 is 21.9. The quantitative estimate of drug-likeness (QED) is 0.0663. The Morgan fingerprint density at radius 2 is 1.35 bits per heavy atom. The van der Waals surface area contributed by atoms with E-state index in [9.17, 15) is 14.7 Å². The number of nitrogens with one attached hydrogen (secondary N) is 5. The van der Waals surface area contributed by atoms with Crippen LogP contribution < -0.4 is 32.3 Å². The van der Waals surface area contributed by atoms with Crippen LogP contribution in [-0.4, -0.2) is 111 Å². The van der Waals surface area contributed by atoms with Gasteiger partial charge in [-0.3, -0.25) is 9.59 Å². The number of hydrogen-bond acceptors (Lipinski definition) is 14. The number of allylic oxidation sites excluding steroid dienone is 2. The predicted octanol–water partition coefficient (Wildman–Crippen LogP) is 2.87. The van der Waals surface area contributed by atoms with E-state index in [0.29, 0.717) is 107 Å². The molecule has 3 aromatic rings. The molecule has 280 valence electrons. The largest absolute Gasteiger partial charge is 0.508 e. The highest BCUT2D eigenvalue weighted by Crippen LogP contribution is 2.21. The van der Waals surface area contributed by atoms with Gasteiger partial charge in [0.05, 0.1) is 52.9 Å². The van der Waals surface area contributed by atoms with Gasteiger partial charge in [-0.1, -0.05) is 31.2 Å². The number of aromatic hydroxyl groups is 1. The average molecular weight is 720 g/mol. The van der Waals surface area contributed by atoms with Gasteiger partial charge in [0.15, 0.2) is 0 Å². The number of anilines is 5. The summed E-state index contributed by atoms with van der Waals surface area (Å²) in [5.74, 6) is 1.01. The van der Waals surface area contributed by atoms with Crippen LogP contribution in [0.3, 0.4) is 0 Å². The fraction of sp³-hybridized carbons (Fsp3) is 0.417. The molecule has 1 aliphatic rings. The Labute approximate surface area is 303 Å². The first kappa shape index (κ1) is 39.7. The van der Waals surface area contributed by atoms with E-state index in [2.05, 4.69) is 48.5 Å². The van der Waals surface area contributed by atoms with Crippen molar-refractivity contribution < 1.29 is 33.6 Å². The summed E-state index contributed by atoms with van der Waals surface area (Å²) in [6, 6.07) is 13.5. The third-order valence-electron chi connectivity index (χ3n) is 7.32. The number of aromatic nitrogens is 3. The number of hydrogen-bond donors (Lipinski definition) is 7. The lowest BCUT2D eigenvalue weighted by Crippen LogP contribution is -2.29. The first-order valence-electron chi connectivity index (χ1n) is 17.3. The lowest BCUT2D eigenvalue weighted by Gasteiger charge is -2.13. The highest BCUT2D eigenvalue weighted by molar-refractivity contribution is 5.96. The molecule has 1 aliphatic carbocycles. The van der Waals surface area contributed by atoms with Crippen molar-refractivity contribution in [2.45, 2.75) is 13.3 Å². The Hall–Kier alpha value is -5.13. The molecule has 0 bridgehead atoms. The number of benzene rings is 2. The summed E-state index contributed by atoms with van der Waals surface area (Å²) in [5.41, 5.74) is 7.79. The Bertz CT molecular complexity index is 1610. The van der Waals surface area contributed by atoms with Gasteiger partial charge in [0.1, 0.15) is 5.75 Å². The van der Waals surface area contributed by atoms with Gasteiger partial charge in [-0.05, 0) is 48.7 Å². The van der Waals surface area contributed by atoms with E-state index in [1.54, 1.807) is 48.5 Å². The molecule has 1 unspecified atom stereocenters. The SMILES string of the molecule is CC1C=CC(C(=O)NCCOCCOCCNc2nc(Nc3ccc(C(=O)NCCOCCOCCN)cc3)nc(Nc3cccc(O)c3)n2)=CC1. The summed E-state index contributed by atoms with van der Waals surface area (Å²) in [6.07, 6.45) is 6.72. The molecular weight excluding hydrogens is 670 g/mol. The van der Waals surface area contributed by atoms with Crippen molar-refractivity contribution in [1.82, 2.24) is 25.6 Å². The van der Waals surface area contributed by atoms with Crippen molar-refractivity contribution >= 4 is 41.0 Å². The van der Waals surface area contributed by atoms with Gasteiger partial charge in [-0.25, -0.2) is 0 Å². The number of rotatable bonds is 24. The van der Waals surface area contributed by atoms with E-state index in [-0.39, 0.29) is 35.4 Å². The van der Waals surface area contributed by atoms with Crippen molar-refractivity contribution in [1.29, 1.82) is 0 Å². The standard InChI is InChI=1S/C36H49N9O7/c1-26-5-7-27(8-6-26)32(47)38-14-19-51-23-24-52-20-16-40-34-43-35(45-36(44-34)42-30-3-2-4-31(46)25-30)41-29-11-9-28(10-12-29)33(48)39-15-18-50-22-21-49-17-13-37/h2-5,7-12,25-26,46H,6,13-24,37H2,1H3,(H,38,47)(H,39,48)(H3,40,41,42,43,44,45). The predicted molar refractivity (Wildman–Crippen MR) is 198 cm³/mol. The van der Waals surface area contributed by atoms with Crippen LogP contribution in [0.4, 0.5) is 29.2 Å². The zero-order valence-electron chi connectivity index (χ0n) is 29.4. The highest BCUT2D eigenvalue weighted by Gasteiger charge is 2.12. The normalized spacial score (nSPS) is 13.7. The molecule has 2 aromatic carbocycles. The molecule has 8 N–H and O–H groups in total. The molecule has 4 rings (SSSR count). The number of nitrogens with two attached hydrogens (primary N) is 1. The fourth-order valence-corrected chi connectivity index (χ4v) is 4.65. The lowest BCUT2D eigenvalue weighted by atomic mass is 9.98. The lowest BCUT2D eigenvalue weighted by molar-refractivity contribution is -0.117. The Morgan fingerprint density at radius 1 is 0.750 bits per heavy atom. The molecule has 16 heteroatoms. The second kappa shape index (κ2) is 22.6. The zero-order chi connectivity index (χ0) is 36.8. The van der Waals surface area contributed by atoms with E-state index in [0.717, 1.165) is 6.42 Å². The minimum atomic E-state index is -0.225. The van der Waals surface area contributed by atoms with Crippen LogP contribution in [0.1, 0.15) is 23.7 Å². The molecule has 0 aliphatic heterocycles. The summed E-state index contributed by atoms with van der Waals surface area (Å²) in [5, 5.41) is 24.9. The van der Waals surface area contributed by atoms with Crippen molar-refractivity contribution in [3.8, 4) is 5.75 Å². The number of ether oxygens (including phenoxy) is 4. The van der Waals surface area contributed by atoms with Crippen molar-refractivity contribution in [2.24, 2.45) is 11.7 Å². The maximum atomic E-state index is 12.6. The number of carbonyl (C=O) groups excluding carboxylic acids is 2. The van der Waals surface area contributed by atoms with Crippen LogP contribution >= 0.6 is 0 Å². The molecule has 1 heterocycles. The second-order valence-electron chi connectivity index (χ2n) is 11.6. The molecule has 1 aromatic heterocycles. The number of amides is 2. The van der Waals surface area contributed by atoms with Gasteiger partial charge in [0, 0.05) is 54.8 Å². The molecule has 0 spiro atoms. The molecule has 52 heavy (non-hydrogen) atoms. The Balaban J connectivity index is 1.20. The van der Waals surface area contributed by atoms with Gasteiger partial charge in [0.2, 0.25) is 17.8 Å². The van der Waals surface area contributed by atoms with E-state index < -0.39 is 0 Å². The maximum absolute atomic E-state index is 12.6. The maximum Gasteiger partial charge on any atom is 0.251 e. The number of phenols is 1. The summed E-state index contributed by atoms with van der Waals surface area (Å²) in [7, 11) is 0. The smallest absolute Gasteiger partial charge is 0.251 e. The molecule has 0 saturated carbocycles. The van der Waals surface area contributed by atoms with Crippen LogP contribution in [-0.2, 0) is 23.7 Å². The van der Waals surface area contributed by atoms with E-state index in [4.69, 9.17) is 24.7 Å². The van der Waals surface area contributed by atoms with Crippen LogP contribution in [0.5, 0.6) is 5.75 Å². The topological polar surface area (TPSA) is 216 Å². The zero-order valence-corrected chi connectivity index (χ0v) is 29.4. The second-order valence-corrected chi connectivity index (χ2v) is 11.6. The van der Waals surface area contributed by atoms with Crippen LogP contribution in [0.25, 0.3) is 0 Å². The van der Waals surface area contributed by atoms with Crippen molar-refractivity contribution in [2.75, 3.05) is 95.0 Å². The van der Waals surface area contributed by atoms with Crippen LogP contribution in [0.2, 0.25) is 0 Å². The summed E-state index contributed by atoms with van der Waals surface area (Å²) in [6.45, 7) is 7.01.